The number of hydrogen-bond acceptors (Lipinski definition) is 2. The van der Waals surface area contributed by atoms with E-state index in [0.717, 1.165) is 13.1 Å². The van der Waals surface area contributed by atoms with Gasteiger partial charge in [-0.3, -0.25) is 4.79 Å². The van der Waals surface area contributed by atoms with Crippen LogP contribution in [-0.4, -0.2) is 36.0 Å². The lowest BCUT2D eigenvalue weighted by Crippen LogP contribution is -2.42. The van der Waals surface area contributed by atoms with Crippen molar-refractivity contribution in [2.45, 2.75) is 44.2 Å². The van der Waals surface area contributed by atoms with Crippen LogP contribution >= 0.6 is 0 Å². The van der Waals surface area contributed by atoms with Gasteiger partial charge in [-0.25, -0.2) is 0 Å². The van der Waals surface area contributed by atoms with E-state index < -0.39 is 0 Å². The van der Waals surface area contributed by atoms with Crippen molar-refractivity contribution in [3.8, 4) is 0 Å². The summed E-state index contributed by atoms with van der Waals surface area (Å²) in [4.78, 5) is 13.9. The van der Waals surface area contributed by atoms with E-state index in [4.69, 9.17) is 0 Å². The number of carbonyl (C=O) groups excluding carboxylic acids is 1. The van der Waals surface area contributed by atoms with E-state index in [1.165, 1.54) is 25.7 Å². The summed E-state index contributed by atoms with van der Waals surface area (Å²) in [7, 11) is 0. The van der Waals surface area contributed by atoms with Crippen molar-refractivity contribution >= 4 is 5.91 Å². The number of hydrogen-bond donors (Lipinski definition) is 1. The molecule has 2 rings (SSSR count). The largest absolute Gasteiger partial charge is 0.338 e. The fourth-order valence-corrected chi connectivity index (χ4v) is 2.23. The molecule has 84 valence electrons. The Morgan fingerprint density at radius 1 is 1.47 bits per heavy atom. The van der Waals surface area contributed by atoms with E-state index in [1.807, 2.05) is 0 Å². The molecular formula is C12H20N2O. The Balaban J connectivity index is 1.87. The third-order valence-corrected chi connectivity index (χ3v) is 3.21. The minimum Gasteiger partial charge on any atom is -0.338 e. The van der Waals surface area contributed by atoms with E-state index in [1.54, 1.807) is 6.08 Å². The van der Waals surface area contributed by atoms with Crippen LogP contribution in [0.25, 0.3) is 0 Å². The average Bonchev–Trinajstić information content (AvgIpc) is 2.93. The molecule has 1 amide bonds. The Labute approximate surface area is 91.5 Å². The van der Waals surface area contributed by atoms with Gasteiger partial charge in [0.1, 0.15) is 0 Å². The third kappa shape index (κ3) is 2.81. The van der Waals surface area contributed by atoms with Crippen LogP contribution in [0.15, 0.2) is 12.7 Å². The minimum atomic E-state index is 0.251. The first-order valence-electron chi connectivity index (χ1n) is 5.95. The number of nitrogens with zero attached hydrogens (tertiary/aromatic N) is 1. The van der Waals surface area contributed by atoms with E-state index in [-0.39, 0.29) is 5.91 Å². The van der Waals surface area contributed by atoms with Gasteiger partial charge in [-0.05, 0) is 32.2 Å². The highest BCUT2D eigenvalue weighted by atomic mass is 16.2. The first kappa shape index (κ1) is 10.7. The molecule has 3 heteroatoms. The summed E-state index contributed by atoms with van der Waals surface area (Å²) in [5, 5.41) is 3.45. The molecular weight excluding hydrogens is 188 g/mol. The third-order valence-electron chi connectivity index (χ3n) is 3.21. The topological polar surface area (TPSA) is 32.3 Å². The number of nitrogens with one attached hydrogen (secondary N) is 1. The van der Waals surface area contributed by atoms with Crippen LogP contribution in [0.4, 0.5) is 0 Å². The van der Waals surface area contributed by atoms with Crippen LogP contribution in [0.5, 0.6) is 0 Å². The summed E-state index contributed by atoms with van der Waals surface area (Å²) in [5.41, 5.74) is 0. The highest BCUT2D eigenvalue weighted by Crippen LogP contribution is 2.28. The molecule has 2 aliphatic rings. The SMILES string of the molecule is C=CCC(=O)N(CC1CCCN1)C1CC1. The molecule has 1 heterocycles. The lowest BCUT2D eigenvalue weighted by Gasteiger charge is -2.25. The van der Waals surface area contributed by atoms with Crippen molar-refractivity contribution in [1.29, 1.82) is 0 Å². The van der Waals surface area contributed by atoms with Gasteiger partial charge in [-0.1, -0.05) is 6.08 Å². The Hall–Kier alpha value is -0.830. The quantitative estimate of drug-likeness (QED) is 0.691. The zero-order chi connectivity index (χ0) is 10.7. The summed E-state index contributed by atoms with van der Waals surface area (Å²) < 4.78 is 0. The second kappa shape index (κ2) is 4.79. The van der Waals surface area contributed by atoms with Crippen molar-refractivity contribution < 1.29 is 4.79 Å². The molecule has 2 fully saturated rings. The van der Waals surface area contributed by atoms with Crippen molar-refractivity contribution in [3.63, 3.8) is 0 Å². The lowest BCUT2D eigenvalue weighted by atomic mass is 10.2. The van der Waals surface area contributed by atoms with Crippen molar-refractivity contribution in [2.75, 3.05) is 13.1 Å². The van der Waals surface area contributed by atoms with E-state index in [9.17, 15) is 4.79 Å². The molecule has 1 N–H and O–H groups in total. The standard InChI is InChI=1S/C12H20N2O/c1-2-4-12(15)14(11-6-7-11)9-10-5-3-8-13-10/h2,10-11,13H,1,3-9H2. The normalized spacial score (nSPS) is 25.2. The second-order valence-electron chi connectivity index (χ2n) is 4.56. The molecule has 1 saturated heterocycles. The molecule has 1 aliphatic carbocycles. The molecule has 3 nitrogen and oxygen atoms in total. The van der Waals surface area contributed by atoms with Gasteiger partial charge in [-0.2, -0.15) is 0 Å². The number of amides is 1. The Morgan fingerprint density at radius 3 is 2.80 bits per heavy atom. The fraction of sp³-hybridized carbons (Fsp3) is 0.750. The van der Waals surface area contributed by atoms with Crippen LogP contribution in [0.2, 0.25) is 0 Å². The Morgan fingerprint density at radius 2 is 2.27 bits per heavy atom. The molecule has 0 spiro atoms. The summed E-state index contributed by atoms with van der Waals surface area (Å²) in [6, 6.07) is 1.05. The Bertz CT molecular complexity index is 242. The fourth-order valence-electron chi connectivity index (χ4n) is 2.23. The van der Waals surface area contributed by atoms with E-state index in [0.29, 0.717) is 18.5 Å². The molecule has 0 aromatic rings. The first-order valence-corrected chi connectivity index (χ1v) is 5.95. The van der Waals surface area contributed by atoms with Crippen LogP contribution in [0, 0.1) is 0 Å². The molecule has 0 bridgehead atoms. The predicted molar refractivity (Wildman–Crippen MR) is 60.6 cm³/mol. The smallest absolute Gasteiger partial charge is 0.226 e. The van der Waals surface area contributed by atoms with Gasteiger partial charge in [0.05, 0.1) is 0 Å². The van der Waals surface area contributed by atoms with E-state index >= 15 is 0 Å². The molecule has 1 unspecified atom stereocenters. The maximum Gasteiger partial charge on any atom is 0.226 e. The number of carbonyl (C=O) groups is 1. The zero-order valence-corrected chi connectivity index (χ0v) is 9.24. The maximum absolute atomic E-state index is 11.8. The van der Waals surface area contributed by atoms with Crippen LogP contribution in [0.3, 0.4) is 0 Å². The summed E-state index contributed by atoms with van der Waals surface area (Å²) >= 11 is 0. The van der Waals surface area contributed by atoms with Gasteiger partial charge < -0.3 is 10.2 Å². The highest BCUT2D eigenvalue weighted by molar-refractivity contribution is 5.78. The van der Waals surface area contributed by atoms with Crippen molar-refractivity contribution in [2.24, 2.45) is 0 Å². The molecule has 0 radical (unpaired) electrons. The summed E-state index contributed by atoms with van der Waals surface area (Å²) in [6.07, 6.45) is 7.04. The molecule has 1 saturated carbocycles. The summed E-state index contributed by atoms with van der Waals surface area (Å²) in [6.45, 7) is 5.64. The monoisotopic (exact) mass is 208 g/mol. The van der Waals surface area contributed by atoms with Gasteiger partial charge in [0, 0.05) is 25.0 Å². The minimum absolute atomic E-state index is 0.251. The maximum atomic E-state index is 11.8. The van der Waals surface area contributed by atoms with Gasteiger partial charge in [0.15, 0.2) is 0 Å². The molecule has 0 aromatic carbocycles. The van der Waals surface area contributed by atoms with Gasteiger partial charge >= 0.3 is 0 Å². The van der Waals surface area contributed by atoms with Crippen molar-refractivity contribution in [1.82, 2.24) is 10.2 Å². The lowest BCUT2D eigenvalue weighted by molar-refractivity contribution is -0.131. The molecule has 0 aromatic heterocycles. The number of rotatable bonds is 5. The summed E-state index contributed by atoms with van der Waals surface area (Å²) in [5.74, 6) is 0.251. The molecule has 1 aliphatic heterocycles. The first-order chi connectivity index (χ1) is 7.31. The van der Waals surface area contributed by atoms with E-state index in [2.05, 4.69) is 16.8 Å². The second-order valence-corrected chi connectivity index (χ2v) is 4.56. The predicted octanol–water partition coefficient (Wildman–Crippen LogP) is 1.31. The molecule has 15 heavy (non-hydrogen) atoms. The van der Waals surface area contributed by atoms with Gasteiger partial charge in [0.25, 0.3) is 0 Å². The Kier molecular flexibility index (Phi) is 3.41. The van der Waals surface area contributed by atoms with Crippen molar-refractivity contribution in [3.05, 3.63) is 12.7 Å². The zero-order valence-electron chi connectivity index (χ0n) is 9.24. The van der Waals surface area contributed by atoms with Crippen LogP contribution in [0.1, 0.15) is 32.1 Å². The molecule has 1 atom stereocenters. The average molecular weight is 208 g/mol. The van der Waals surface area contributed by atoms with Gasteiger partial charge in [-0.15, -0.1) is 6.58 Å². The highest BCUT2D eigenvalue weighted by Gasteiger charge is 2.33. The van der Waals surface area contributed by atoms with Crippen LogP contribution < -0.4 is 5.32 Å². The van der Waals surface area contributed by atoms with Crippen LogP contribution in [-0.2, 0) is 4.79 Å². The van der Waals surface area contributed by atoms with Gasteiger partial charge in [0.2, 0.25) is 5.91 Å².